The fourth-order valence-corrected chi connectivity index (χ4v) is 4.06. The lowest BCUT2D eigenvalue weighted by molar-refractivity contribution is 0.00247. The number of anilines is 1. The van der Waals surface area contributed by atoms with Gasteiger partial charge in [0.1, 0.15) is 12.0 Å². The first-order valence-electron chi connectivity index (χ1n) is 10.4. The second-order valence-electron chi connectivity index (χ2n) is 7.99. The Bertz CT molecular complexity index is 1310. The molecule has 1 aromatic carbocycles. The third-order valence-electron chi connectivity index (χ3n) is 5.83. The molecule has 1 fully saturated rings. The van der Waals surface area contributed by atoms with Crippen molar-refractivity contribution in [2.75, 3.05) is 18.5 Å². The van der Waals surface area contributed by atoms with Gasteiger partial charge in [0.2, 0.25) is 0 Å². The Hall–Kier alpha value is -3.21. The summed E-state index contributed by atoms with van der Waals surface area (Å²) in [6, 6.07) is 3.24. The molecule has 1 aliphatic heterocycles. The number of hydrogen-bond acceptors (Lipinski definition) is 5. The number of pyridine rings is 1. The minimum atomic E-state index is -2.98. The summed E-state index contributed by atoms with van der Waals surface area (Å²) in [7, 11) is 1.39. The van der Waals surface area contributed by atoms with E-state index in [0.29, 0.717) is 0 Å². The van der Waals surface area contributed by atoms with E-state index in [4.69, 9.17) is 4.74 Å². The van der Waals surface area contributed by atoms with E-state index in [1.807, 2.05) is 0 Å². The quantitative estimate of drug-likeness (QED) is 0.581. The van der Waals surface area contributed by atoms with Crippen LogP contribution in [0.2, 0.25) is 0 Å². The third kappa shape index (κ3) is 4.24. The second kappa shape index (κ2) is 8.97. The first-order chi connectivity index (χ1) is 15.7. The van der Waals surface area contributed by atoms with E-state index in [-0.39, 0.29) is 41.8 Å². The van der Waals surface area contributed by atoms with Crippen molar-refractivity contribution in [1.82, 2.24) is 14.3 Å². The standard InChI is InChI=1S/C22H22F4N4O3/c1-11(12-4-3-5-13(19(12)24)20(25)26)27-21-15-9-30(17-6-7-33-10-16(17)23)18(31)8-14(15)22(32)29(2)28-21/h3-5,8-9,11,16-17,20H,6-7,10H2,1-2H3,(H,27,28)/t11?,16-,17-/m1/s1. The molecule has 1 aliphatic rings. The summed E-state index contributed by atoms with van der Waals surface area (Å²) < 4.78 is 62.6. The van der Waals surface area contributed by atoms with E-state index in [9.17, 15) is 27.2 Å². The van der Waals surface area contributed by atoms with Crippen LogP contribution in [0, 0.1) is 5.82 Å². The predicted octanol–water partition coefficient (Wildman–Crippen LogP) is 3.64. The molecular weight excluding hydrogens is 444 g/mol. The molecular formula is C22H22F4N4O3. The highest BCUT2D eigenvalue weighted by molar-refractivity contribution is 5.90. The third-order valence-corrected chi connectivity index (χ3v) is 5.83. The molecule has 33 heavy (non-hydrogen) atoms. The first-order valence-corrected chi connectivity index (χ1v) is 10.4. The molecule has 3 atom stereocenters. The molecule has 0 saturated carbocycles. The number of ether oxygens (including phenoxy) is 1. The van der Waals surface area contributed by atoms with Crippen LogP contribution in [0.15, 0.2) is 40.1 Å². The summed E-state index contributed by atoms with van der Waals surface area (Å²) >= 11 is 0. The van der Waals surface area contributed by atoms with Crippen molar-refractivity contribution in [1.29, 1.82) is 0 Å². The summed E-state index contributed by atoms with van der Waals surface area (Å²) in [4.78, 5) is 25.3. The number of nitrogens with zero attached hydrogens (tertiary/aromatic N) is 3. The number of nitrogens with one attached hydrogen (secondary N) is 1. The topological polar surface area (TPSA) is 78.2 Å². The average Bonchev–Trinajstić information content (AvgIpc) is 2.77. The van der Waals surface area contributed by atoms with Gasteiger partial charge in [0.05, 0.1) is 29.6 Å². The van der Waals surface area contributed by atoms with Gasteiger partial charge in [-0.3, -0.25) is 9.59 Å². The maximum atomic E-state index is 14.6. The molecule has 0 radical (unpaired) electrons. The molecule has 7 nitrogen and oxygen atoms in total. The normalized spacial score (nSPS) is 19.7. The zero-order chi connectivity index (χ0) is 23.9. The molecule has 11 heteroatoms. The highest BCUT2D eigenvalue weighted by Gasteiger charge is 2.28. The summed E-state index contributed by atoms with van der Waals surface area (Å²) in [6.07, 6.45) is -2.75. The van der Waals surface area contributed by atoms with Crippen molar-refractivity contribution in [2.45, 2.75) is 38.0 Å². The molecule has 3 aromatic rings. The lowest BCUT2D eigenvalue weighted by Crippen LogP contribution is -2.37. The van der Waals surface area contributed by atoms with Crippen molar-refractivity contribution >= 4 is 16.6 Å². The van der Waals surface area contributed by atoms with Crippen LogP contribution < -0.4 is 16.4 Å². The van der Waals surface area contributed by atoms with Gasteiger partial charge in [-0.2, -0.15) is 5.10 Å². The molecule has 0 aliphatic carbocycles. The van der Waals surface area contributed by atoms with Crippen LogP contribution >= 0.6 is 0 Å². The molecule has 4 rings (SSSR count). The maximum absolute atomic E-state index is 14.6. The predicted molar refractivity (Wildman–Crippen MR) is 114 cm³/mol. The van der Waals surface area contributed by atoms with E-state index in [1.54, 1.807) is 6.92 Å². The molecule has 1 unspecified atom stereocenters. The summed E-state index contributed by atoms with van der Waals surface area (Å²) in [5, 5.41) is 7.40. The van der Waals surface area contributed by atoms with Crippen LogP contribution in [-0.2, 0) is 11.8 Å². The molecule has 2 aromatic heterocycles. The molecule has 0 bridgehead atoms. The monoisotopic (exact) mass is 466 g/mol. The van der Waals surface area contributed by atoms with Crippen molar-refractivity contribution in [2.24, 2.45) is 7.05 Å². The van der Waals surface area contributed by atoms with Crippen molar-refractivity contribution < 1.29 is 22.3 Å². The van der Waals surface area contributed by atoms with Crippen LogP contribution in [0.25, 0.3) is 10.8 Å². The van der Waals surface area contributed by atoms with E-state index in [0.717, 1.165) is 16.8 Å². The highest BCUT2D eigenvalue weighted by atomic mass is 19.3. The Morgan fingerprint density at radius 2 is 1.94 bits per heavy atom. The number of fused-ring (bicyclic) bond motifs is 1. The minimum absolute atomic E-state index is 0.0156. The molecule has 0 spiro atoms. The van der Waals surface area contributed by atoms with Gasteiger partial charge in [-0.15, -0.1) is 0 Å². The van der Waals surface area contributed by atoms with Gasteiger partial charge in [0.25, 0.3) is 17.5 Å². The number of benzene rings is 1. The number of rotatable bonds is 5. The van der Waals surface area contributed by atoms with Gasteiger partial charge in [-0.25, -0.2) is 22.2 Å². The number of alkyl halides is 3. The molecule has 3 heterocycles. The minimum Gasteiger partial charge on any atom is -0.378 e. The van der Waals surface area contributed by atoms with E-state index >= 15 is 0 Å². The summed E-state index contributed by atoms with van der Waals surface area (Å²) in [6.45, 7) is 1.69. The fourth-order valence-electron chi connectivity index (χ4n) is 4.06. The van der Waals surface area contributed by atoms with Crippen molar-refractivity contribution in [3.63, 3.8) is 0 Å². The van der Waals surface area contributed by atoms with E-state index < -0.39 is 47.2 Å². The highest BCUT2D eigenvalue weighted by Crippen LogP contribution is 2.30. The number of hydrogen-bond donors (Lipinski definition) is 1. The summed E-state index contributed by atoms with van der Waals surface area (Å²) in [5.41, 5.74) is -1.82. The molecule has 0 amide bonds. The fraction of sp³-hybridized carbons (Fsp3) is 0.409. The van der Waals surface area contributed by atoms with Gasteiger partial charge >= 0.3 is 0 Å². The Labute approximate surface area is 185 Å². The first kappa shape index (κ1) is 23.0. The lowest BCUT2D eigenvalue weighted by atomic mass is 10.0. The molecule has 176 valence electrons. The smallest absolute Gasteiger partial charge is 0.274 e. The summed E-state index contributed by atoms with van der Waals surface area (Å²) in [5.74, 6) is -0.918. The van der Waals surface area contributed by atoms with Gasteiger partial charge < -0.3 is 14.6 Å². The largest absolute Gasteiger partial charge is 0.378 e. The number of halogens is 4. The zero-order valence-electron chi connectivity index (χ0n) is 17.9. The van der Waals surface area contributed by atoms with Crippen LogP contribution in [0.3, 0.4) is 0 Å². The molecule has 1 N–H and O–H groups in total. The van der Waals surface area contributed by atoms with Gasteiger partial charge in [0, 0.05) is 36.9 Å². The van der Waals surface area contributed by atoms with Crippen molar-refractivity contribution in [3.05, 3.63) is 68.1 Å². The molecule has 1 saturated heterocycles. The van der Waals surface area contributed by atoms with Gasteiger partial charge in [-0.05, 0) is 13.3 Å². The lowest BCUT2D eigenvalue weighted by Gasteiger charge is -2.28. The Morgan fingerprint density at radius 1 is 1.21 bits per heavy atom. The van der Waals surface area contributed by atoms with E-state index in [1.165, 1.54) is 29.9 Å². The van der Waals surface area contributed by atoms with Crippen LogP contribution in [0.4, 0.5) is 23.4 Å². The number of aromatic nitrogens is 3. The van der Waals surface area contributed by atoms with E-state index in [2.05, 4.69) is 10.4 Å². The van der Waals surface area contributed by atoms with Crippen LogP contribution in [-0.4, -0.2) is 33.7 Å². The zero-order valence-corrected chi connectivity index (χ0v) is 17.9. The number of aryl methyl sites for hydroxylation is 1. The van der Waals surface area contributed by atoms with Crippen LogP contribution in [0.5, 0.6) is 0 Å². The van der Waals surface area contributed by atoms with Gasteiger partial charge in [-0.1, -0.05) is 18.2 Å². The second-order valence-corrected chi connectivity index (χ2v) is 7.99. The average molecular weight is 466 g/mol. The van der Waals surface area contributed by atoms with Gasteiger partial charge in [0.15, 0.2) is 5.82 Å². The Balaban J connectivity index is 1.81. The van der Waals surface area contributed by atoms with Crippen molar-refractivity contribution in [3.8, 4) is 0 Å². The Kier molecular flexibility index (Phi) is 6.24. The van der Waals surface area contributed by atoms with Crippen LogP contribution in [0.1, 0.15) is 43.0 Å². The SMILES string of the molecule is CC(Nc1nn(C)c(=O)c2cc(=O)n([C@@H]3CCOC[C@H]3F)cc12)c1cccc(C(F)F)c1F. The Morgan fingerprint density at radius 3 is 2.64 bits per heavy atom. The maximum Gasteiger partial charge on any atom is 0.274 e.